The first kappa shape index (κ1) is 19.8. The summed E-state index contributed by atoms with van der Waals surface area (Å²) in [6.07, 6.45) is 0. The highest BCUT2D eigenvalue weighted by molar-refractivity contribution is 5.71. The molecule has 0 saturated carbocycles. The molecule has 1 aliphatic heterocycles. The molecule has 0 bridgehead atoms. The minimum Gasteiger partial charge on any atom is -0.508 e. The van der Waals surface area contributed by atoms with Crippen LogP contribution in [0.25, 0.3) is 0 Å². The van der Waals surface area contributed by atoms with Crippen molar-refractivity contribution in [2.45, 2.75) is 18.8 Å². The van der Waals surface area contributed by atoms with Crippen LogP contribution in [-0.4, -0.2) is 30.9 Å². The third-order valence-corrected chi connectivity index (χ3v) is 5.28. The zero-order valence-electron chi connectivity index (χ0n) is 16.8. The highest BCUT2D eigenvalue weighted by Crippen LogP contribution is 2.47. The van der Waals surface area contributed by atoms with Gasteiger partial charge in [0.15, 0.2) is 6.61 Å². The molecule has 3 aromatic carbocycles. The number of ether oxygens (including phenoxy) is 3. The largest absolute Gasteiger partial charge is 0.508 e. The highest BCUT2D eigenvalue weighted by Gasteiger charge is 2.33. The average molecular weight is 404 g/mol. The number of rotatable bonds is 6. The summed E-state index contributed by atoms with van der Waals surface area (Å²) in [6, 6.07) is 23.4. The van der Waals surface area contributed by atoms with Crippen molar-refractivity contribution in [1.29, 1.82) is 0 Å². The molecule has 0 spiro atoms. The van der Waals surface area contributed by atoms with Crippen LogP contribution in [0.4, 0.5) is 0 Å². The number of carbonyl (C=O) groups is 1. The van der Waals surface area contributed by atoms with Crippen molar-refractivity contribution >= 4 is 5.97 Å². The quantitative estimate of drug-likeness (QED) is 0.606. The lowest BCUT2D eigenvalue weighted by Gasteiger charge is -2.34. The summed E-state index contributed by atoms with van der Waals surface area (Å²) in [5.74, 6) is 1.32. The lowest BCUT2D eigenvalue weighted by Crippen LogP contribution is -2.25. The monoisotopic (exact) mass is 404 g/mol. The van der Waals surface area contributed by atoms with Gasteiger partial charge in [0.25, 0.3) is 0 Å². The lowest BCUT2D eigenvalue weighted by atomic mass is 9.76. The molecule has 1 heterocycles. The first-order valence-corrected chi connectivity index (χ1v) is 10.0. The van der Waals surface area contributed by atoms with E-state index in [4.69, 9.17) is 14.2 Å². The van der Waals surface area contributed by atoms with E-state index in [1.54, 1.807) is 19.1 Å². The number of benzene rings is 3. The van der Waals surface area contributed by atoms with Gasteiger partial charge in [-0.2, -0.15) is 0 Å². The fourth-order valence-corrected chi connectivity index (χ4v) is 3.91. The van der Waals surface area contributed by atoms with E-state index in [-0.39, 0.29) is 30.2 Å². The predicted octanol–water partition coefficient (Wildman–Crippen LogP) is 4.64. The molecule has 0 fully saturated rings. The molecule has 0 aromatic heterocycles. The van der Waals surface area contributed by atoms with Crippen LogP contribution in [0, 0.1) is 0 Å². The van der Waals surface area contributed by atoms with E-state index in [1.165, 1.54) is 5.56 Å². The Morgan fingerprint density at radius 1 is 1.03 bits per heavy atom. The predicted molar refractivity (Wildman–Crippen MR) is 113 cm³/mol. The molecule has 154 valence electrons. The van der Waals surface area contributed by atoms with Crippen molar-refractivity contribution in [2.75, 3.05) is 19.8 Å². The van der Waals surface area contributed by atoms with Gasteiger partial charge in [0.2, 0.25) is 0 Å². The topological polar surface area (TPSA) is 65.0 Å². The maximum Gasteiger partial charge on any atom is 0.344 e. The molecule has 0 saturated heterocycles. The van der Waals surface area contributed by atoms with E-state index in [2.05, 4.69) is 12.1 Å². The standard InChI is InChI=1S/C25H24O5/c1-2-28-24(27)16-29-20-11-8-18(9-12-20)25-21-13-10-19(26)14-23(21)30-15-22(25)17-6-4-3-5-7-17/h3-14,22,25-26H,2,15-16H2,1H3/t22-,25+/m1/s1. The normalized spacial score (nSPS) is 17.5. The summed E-state index contributed by atoms with van der Waals surface area (Å²) in [4.78, 5) is 11.5. The molecule has 5 heteroatoms. The summed E-state index contributed by atoms with van der Waals surface area (Å²) in [5.41, 5.74) is 3.35. The van der Waals surface area contributed by atoms with Gasteiger partial charge >= 0.3 is 5.97 Å². The van der Waals surface area contributed by atoms with Crippen LogP contribution in [0.5, 0.6) is 17.2 Å². The Morgan fingerprint density at radius 3 is 2.53 bits per heavy atom. The van der Waals surface area contributed by atoms with Crippen LogP contribution in [0.3, 0.4) is 0 Å². The highest BCUT2D eigenvalue weighted by atomic mass is 16.6. The first-order valence-electron chi connectivity index (χ1n) is 10.0. The summed E-state index contributed by atoms with van der Waals surface area (Å²) >= 11 is 0. The van der Waals surface area contributed by atoms with Crippen LogP contribution in [0.1, 0.15) is 35.4 Å². The van der Waals surface area contributed by atoms with E-state index in [1.807, 2.05) is 48.5 Å². The van der Waals surface area contributed by atoms with Crippen LogP contribution >= 0.6 is 0 Å². The Kier molecular flexibility index (Phi) is 5.89. The van der Waals surface area contributed by atoms with Gasteiger partial charge in [0, 0.05) is 23.5 Å². The second-order valence-corrected chi connectivity index (χ2v) is 7.19. The molecule has 0 amide bonds. The molecule has 0 unspecified atom stereocenters. The molecular formula is C25H24O5. The van der Waals surface area contributed by atoms with Crippen molar-refractivity contribution in [3.8, 4) is 17.2 Å². The smallest absolute Gasteiger partial charge is 0.344 e. The van der Waals surface area contributed by atoms with Gasteiger partial charge < -0.3 is 19.3 Å². The van der Waals surface area contributed by atoms with Gasteiger partial charge in [-0.1, -0.05) is 48.5 Å². The molecule has 3 aromatic rings. The molecule has 4 rings (SSSR count). The molecule has 1 N–H and O–H groups in total. The van der Waals surface area contributed by atoms with Crippen LogP contribution in [-0.2, 0) is 9.53 Å². The SMILES string of the molecule is CCOC(=O)COc1ccc([C@H]2c3ccc(O)cc3OC[C@@H]2c2ccccc2)cc1. The second kappa shape index (κ2) is 8.91. The first-order chi connectivity index (χ1) is 14.7. The zero-order chi connectivity index (χ0) is 20.9. The molecule has 0 radical (unpaired) electrons. The third-order valence-electron chi connectivity index (χ3n) is 5.28. The fourth-order valence-electron chi connectivity index (χ4n) is 3.91. The summed E-state index contributed by atoms with van der Waals surface area (Å²) in [5, 5.41) is 9.87. The Balaban J connectivity index is 1.64. The van der Waals surface area contributed by atoms with E-state index in [9.17, 15) is 9.90 Å². The van der Waals surface area contributed by atoms with Gasteiger partial charge in [0.05, 0.1) is 13.2 Å². The Bertz CT molecular complexity index is 998. The van der Waals surface area contributed by atoms with E-state index in [0.717, 1.165) is 11.1 Å². The van der Waals surface area contributed by atoms with Gasteiger partial charge in [-0.15, -0.1) is 0 Å². The van der Waals surface area contributed by atoms with Crippen molar-refractivity contribution in [1.82, 2.24) is 0 Å². The number of fused-ring (bicyclic) bond motifs is 1. The van der Waals surface area contributed by atoms with Crippen molar-refractivity contribution < 1.29 is 24.1 Å². The van der Waals surface area contributed by atoms with E-state index < -0.39 is 0 Å². The number of hydrogen-bond acceptors (Lipinski definition) is 5. The molecule has 2 atom stereocenters. The average Bonchev–Trinajstić information content (AvgIpc) is 2.78. The second-order valence-electron chi connectivity index (χ2n) is 7.19. The van der Waals surface area contributed by atoms with E-state index >= 15 is 0 Å². The van der Waals surface area contributed by atoms with Gasteiger partial charge in [-0.25, -0.2) is 4.79 Å². The van der Waals surface area contributed by atoms with Crippen molar-refractivity contribution in [3.05, 3.63) is 89.5 Å². The maximum atomic E-state index is 11.5. The van der Waals surface area contributed by atoms with Crippen LogP contribution in [0.2, 0.25) is 0 Å². The Morgan fingerprint density at radius 2 is 1.80 bits per heavy atom. The Labute approximate surface area is 175 Å². The lowest BCUT2D eigenvalue weighted by molar-refractivity contribution is -0.145. The zero-order valence-corrected chi connectivity index (χ0v) is 16.8. The molecule has 30 heavy (non-hydrogen) atoms. The van der Waals surface area contributed by atoms with Crippen molar-refractivity contribution in [2.24, 2.45) is 0 Å². The minimum absolute atomic E-state index is 0.0656. The number of esters is 1. The number of carbonyl (C=O) groups excluding carboxylic acids is 1. The number of phenolic OH excluding ortho intramolecular Hbond substituents is 1. The van der Waals surface area contributed by atoms with Gasteiger partial charge in [-0.05, 0) is 36.2 Å². The number of phenols is 1. The Hall–Kier alpha value is -3.47. The molecule has 0 aliphatic carbocycles. The fraction of sp³-hybridized carbons (Fsp3) is 0.240. The maximum absolute atomic E-state index is 11.5. The molecule has 1 aliphatic rings. The number of hydrogen-bond donors (Lipinski definition) is 1. The number of aromatic hydroxyl groups is 1. The minimum atomic E-state index is -0.385. The molecular weight excluding hydrogens is 380 g/mol. The van der Waals surface area contributed by atoms with E-state index in [0.29, 0.717) is 24.7 Å². The molecule has 5 nitrogen and oxygen atoms in total. The third kappa shape index (κ3) is 4.25. The van der Waals surface area contributed by atoms with Crippen LogP contribution in [0.15, 0.2) is 72.8 Å². The van der Waals surface area contributed by atoms with Crippen LogP contribution < -0.4 is 9.47 Å². The van der Waals surface area contributed by atoms with Gasteiger partial charge in [0.1, 0.15) is 17.2 Å². The summed E-state index contributed by atoms with van der Waals surface area (Å²) < 4.78 is 16.4. The summed E-state index contributed by atoms with van der Waals surface area (Å²) in [7, 11) is 0. The van der Waals surface area contributed by atoms with Gasteiger partial charge in [-0.3, -0.25) is 0 Å². The summed E-state index contributed by atoms with van der Waals surface area (Å²) in [6.45, 7) is 2.51. The van der Waals surface area contributed by atoms with Crippen molar-refractivity contribution in [3.63, 3.8) is 0 Å².